The van der Waals surface area contributed by atoms with Crippen molar-refractivity contribution in [2.75, 3.05) is 6.79 Å². The lowest BCUT2D eigenvalue weighted by Gasteiger charge is -2.36. The van der Waals surface area contributed by atoms with Crippen molar-refractivity contribution in [3.05, 3.63) is 21.7 Å². The Hall–Kier alpha value is -0.740. The monoisotopic (exact) mass is 311 g/mol. The predicted molar refractivity (Wildman–Crippen MR) is 74.0 cm³/mol. The van der Waals surface area contributed by atoms with Crippen molar-refractivity contribution in [1.29, 1.82) is 0 Å². The molecule has 0 radical (unpaired) electrons. The summed E-state index contributed by atoms with van der Waals surface area (Å²) in [6.45, 7) is 2.40. The Kier molecular flexibility index (Phi) is 3.02. The van der Waals surface area contributed by atoms with Crippen LogP contribution >= 0.6 is 15.9 Å². The van der Waals surface area contributed by atoms with Crippen LogP contribution in [0.1, 0.15) is 43.2 Å². The molecule has 0 amide bonds. The first-order valence-electron chi connectivity index (χ1n) is 6.50. The number of rotatable bonds is 1. The van der Waals surface area contributed by atoms with Crippen molar-refractivity contribution >= 4 is 15.9 Å². The molecule has 0 spiro atoms. The van der Waals surface area contributed by atoms with Crippen LogP contribution in [0.25, 0.3) is 0 Å². The van der Waals surface area contributed by atoms with Gasteiger partial charge in [-0.05, 0) is 52.9 Å². The summed E-state index contributed by atoms with van der Waals surface area (Å²) in [4.78, 5) is 0. The van der Waals surface area contributed by atoms with Crippen LogP contribution in [0.3, 0.4) is 0 Å². The molecule has 1 saturated carbocycles. The summed E-state index contributed by atoms with van der Waals surface area (Å²) in [6.07, 6.45) is 5.80. The maximum Gasteiger partial charge on any atom is 0.231 e. The minimum absolute atomic E-state index is 0.220. The first kappa shape index (κ1) is 12.3. The van der Waals surface area contributed by atoms with Crippen molar-refractivity contribution < 1.29 is 9.47 Å². The van der Waals surface area contributed by atoms with Crippen molar-refractivity contribution in [2.24, 2.45) is 5.73 Å². The van der Waals surface area contributed by atoms with Gasteiger partial charge >= 0.3 is 0 Å². The zero-order chi connectivity index (χ0) is 12.8. The van der Waals surface area contributed by atoms with E-state index in [-0.39, 0.29) is 5.54 Å². The van der Waals surface area contributed by atoms with Gasteiger partial charge in [0.25, 0.3) is 0 Å². The highest BCUT2D eigenvalue weighted by atomic mass is 79.9. The van der Waals surface area contributed by atoms with Gasteiger partial charge in [0.15, 0.2) is 11.5 Å². The number of fused-ring (bicyclic) bond motifs is 1. The van der Waals surface area contributed by atoms with E-state index >= 15 is 0 Å². The maximum atomic E-state index is 6.65. The average Bonchev–Trinajstić information content (AvgIpc) is 2.77. The van der Waals surface area contributed by atoms with Crippen LogP contribution in [0.4, 0.5) is 0 Å². The fraction of sp³-hybridized carbons (Fsp3) is 0.571. The van der Waals surface area contributed by atoms with Crippen LogP contribution < -0.4 is 15.2 Å². The summed E-state index contributed by atoms with van der Waals surface area (Å²) >= 11 is 3.67. The standard InChI is InChI=1S/C14H18BrNO2/c1-9-7-10-13(18-8-17-10)12(15)11(9)14(16)5-3-2-4-6-14/h7H,2-6,8,16H2,1H3. The van der Waals surface area contributed by atoms with E-state index in [1.807, 2.05) is 6.07 Å². The van der Waals surface area contributed by atoms with E-state index in [4.69, 9.17) is 15.2 Å². The third-order valence-electron chi connectivity index (χ3n) is 4.05. The van der Waals surface area contributed by atoms with Crippen molar-refractivity contribution in [3.63, 3.8) is 0 Å². The van der Waals surface area contributed by atoms with Gasteiger partial charge in [0.1, 0.15) is 0 Å². The first-order valence-corrected chi connectivity index (χ1v) is 7.29. The van der Waals surface area contributed by atoms with Crippen molar-refractivity contribution in [2.45, 2.75) is 44.6 Å². The van der Waals surface area contributed by atoms with Crippen LogP contribution in [0.5, 0.6) is 11.5 Å². The molecule has 1 aromatic rings. The molecule has 0 saturated heterocycles. The lowest BCUT2D eigenvalue weighted by Crippen LogP contribution is -2.39. The SMILES string of the molecule is Cc1cc2c(c(Br)c1C1(N)CCCCC1)OCO2. The van der Waals surface area contributed by atoms with Gasteiger partial charge in [-0.3, -0.25) is 0 Å². The molecule has 1 fully saturated rings. The van der Waals surface area contributed by atoms with Gasteiger partial charge in [0, 0.05) is 5.54 Å². The summed E-state index contributed by atoms with van der Waals surface area (Å²) in [5.41, 5.74) is 8.82. The predicted octanol–water partition coefficient (Wildman–Crippen LogP) is 3.60. The Bertz CT molecular complexity index is 481. The quantitative estimate of drug-likeness (QED) is 0.861. The Morgan fingerprint density at radius 2 is 1.94 bits per heavy atom. The molecule has 98 valence electrons. The van der Waals surface area contributed by atoms with Crippen LogP contribution in [-0.2, 0) is 5.54 Å². The van der Waals surface area contributed by atoms with Crippen LogP contribution in [0.2, 0.25) is 0 Å². The van der Waals surface area contributed by atoms with Crippen LogP contribution in [0, 0.1) is 6.92 Å². The Labute approximate surface area is 116 Å². The van der Waals surface area contributed by atoms with E-state index in [2.05, 4.69) is 22.9 Å². The molecule has 2 N–H and O–H groups in total. The lowest BCUT2D eigenvalue weighted by atomic mass is 9.76. The molecule has 3 nitrogen and oxygen atoms in total. The highest BCUT2D eigenvalue weighted by Crippen LogP contribution is 2.48. The van der Waals surface area contributed by atoms with Gasteiger partial charge in [0.2, 0.25) is 6.79 Å². The molecule has 0 bridgehead atoms. The molecule has 4 heteroatoms. The number of aryl methyl sites for hydroxylation is 1. The molecule has 3 rings (SSSR count). The maximum absolute atomic E-state index is 6.65. The minimum Gasteiger partial charge on any atom is -0.454 e. The van der Waals surface area contributed by atoms with E-state index in [1.54, 1.807) is 0 Å². The average molecular weight is 312 g/mol. The molecule has 2 aliphatic rings. The normalized spacial score (nSPS) is 21.1. The number of halogens is 1. The molecule has 0 atom stereocenters. The van der Waals surface area contributed by atoms with Crippen LogP contribution in [-0.4, -0.2) is 6.79 Å². The smallest absolute Gasteiger partial charge is 0.231 e. The number of ether oxygens (including phenoxy) is 2. The molecule has 18 heavy (non-hydrogen) atoms. The molecule has 1 aliphatic carbocycles. The number of hydrogen-bond acceptors (Lipinski definition) is 3. The highest BCUT2D eigenvalue weighted by molar-refractivity contribution is 9.10. The molecule has 0 unspecified atom stereocenters. The Morgan fingerprint density at radius 3 is 2.67 bits per heavy atom. The Balaban J connectivity index is 2.11. The summed E-state index contributed by atoms with van der Waals surface area (Å²) in [6, 6.07) is 2.05. The summed E-state index contributed by atoms with van der Waals surface area (Å²) in [5.74, 6) is 1.63. The fourth-order valence-electron chi connectivity index (χ4n) is 3.17. The molecule has 0 aromatic heterocycles. The van der Waals surface area contributed by atoms with Gasteiger partial charge in [-0.25, -0.2) is 0 Å². The third kappa shape index (κ3) is 1.82. The van der Waals surface area contributed by atoms with Gasteiger partial charge in [-0.1, -0.05) is 19.3 Å². The highest BCUT2D eigenvalue weighted by Gasteiger charge is 2.35. The summed E-state index contributed by atoms with van der Waals surface area (Å²) in [5, 5.41) is 0. The molecule has 1 aliphatic heterocycles. The third-order valence-corrected chi connectivity index (χ3v) is 4.80. The molecule has 1 heterocycles. The Morgan fingerprint density at radius 1 is 1.22 bits per heavy atom. The second-order valence-corrected chi connectivity index (χ2v) is 6.13. The first-order chi connectivity index (χ1) is 8.62. The second kappa shape index (κ2) is 4.42. The number of benzene rings is 1. The minimum atomic E-state index is -0.220. The van der Waals surface area contributed by atoms with Gasteiger partial charge in [0.05, 0.1) is 4.47 Å². The zero-order valence-corrected chi connectivity index (χ0v) is 12.2. The number of nitrogens with two attached hydrogens (primary N) is 1. The topological polar surface area (TPSA) is 44.5 Å². The van der Waals surface area contributed by atoms with E-state index in [1.165, 1.54) is 30.4 Å². The second-order valence-electron chi connectivity index (χ2n) is 5.33. The van der Waals surface area contributed by atoms with Gasteiger partial charge < -0.3 is 15.2 Å². The number of hydrogen-bond donors (Lipinski definition) is 1. The van der Waals surface area contributed by atoms with Crippen molar-refractivity contribution in [3.8, 4) is 11.5 Å². The van der Waals surface area contributed by atoms with E-state index in [0.29, 0.717) is 6.79 Å². The summed E-state index contributed by atoms with van der Waals surface area (Å²) in [7, 11) is 0. The molecular formula is C14H18BrNO2. The van der Waals surface area contributed by atoms with E-state index < -0.39 is 0 Å². The zero-order valence-electron chi connectivity index (χ0n) is 10.6. The largest absolute Gasteiger partial charge is 0.454 e. The van der Waals surface area contributed by atoms with Crippen molar-refractivity contribution in [1.82, 2.24) is 0 Å². The molecular weight excluding hydrogens is 294 g/mol. The lowest BCUT2D eigenvalue weighted by molar-refractivity contribution is 0.173. The summed E-state index contributed by atoms with van der Waals surface area (Å²) < 4.78 is 12.0. The fourth-order valence-corrected chi connectivity index (χ4v) is 4.18. The van der Waals surface area contributed by atoms with Gasteiger partial charge in [-0.15, -0.1) is 0 Å². The van der Waals surface area contributed by atoms with Gasteiger partial charge in [-0.2, -0.15) is 0 Å². The van der Waals surface area contributed by atoms with Crippen LogP contribution in [0.15, 0.2) is 10.5 Å². The van der Waals surface area contributed by atoms with E-state index in [9.17, 15) is 0 Å². The van der Waals surface area contributed by atoms with E-state index in [0.717, 1.165) is 28.8 Å². The molecule has 1 aromatic carbocycles.